The molecule has 0 spiro atoms. The van der Waals surface area contributed by atoms with Gasteiger partial charge in [0.05, 0.1) is 6.54 Å². The van der Waals surface area contributed by atoms with Gasteiger partial charge in [0.15, 0.2) is 5.76 Å². The Morgan fingerprint density at radius 1 is 1.59 bits per heavy atom. The summed E-state index contributed by atoms with van der Waals surface area (Å²) in [4.78, 5) is 13.5. The van der Waals surface area contributed by atoms with Gasteiger partial charge in [-0.05, 0) is 27.1 Å². The number of hydrogen-bond donors (Lipinski definition) is 3. The van der Waals surface area contributed by atoms with Crippen molar-refractivity contribution in [2.75, 3.05) is 27.2 Å². The lowest BCUT2D eigenvalue weighted by Gasteiger charge is -2.14. The Hall–Kier alpha value is -1.37. The van der Waals surface area contributed by atoms with Crippen LogP contribution >= 0.6 is 0 Å². The van der Waals surface area contributed by atoms with E-state index in [-0.39, 0.29) is 5.76 Å². The lowest BCUT2D eigenvalue weighted by molar-refractivity contribution is 0.0921. The fraction of sp³-hybridized carbons (Fsp3) is 0.545. The van der Waals surface area contributed by atoms with Gasteiger partial charge in [0, 0.05) is 18.7 Å². The fourth-order valence-corrected chi connectivity index (χ4v) is 1.56. The van der Waals surface area contributed by atoms with Gasteiger partial charge >= 0.3 is 5.91 Å². The SMILES string of the molecule is CNCCN(C)Cc1cc(C)c(C(=O)NN)o1. The third-order valence-corrected chi connectivity index (χ3v) is 2.48. The van der Waals surface area contributed by atoms with Crippen molar-refractivity contribution in [3.8, 4) is 0 Å². The average Bonchev–Trinajstić information content (AvgIpc) is 2.66. The number of nitrogens with zero attached hydrogens (tertiary/aromatic N) is 1. The summed E-state index contributed by atoms with van der Waals surface area (Å²) in [5.74, 6) is 5.72. The Balaban J connectivity index is 2.63. The zero-order valence-corrected chi connectivity index (χ0v) is 10.5. The normalized spacial score (nSPS) is 10.9. The zero-order chi connectivity index (χ0) is 12.8. The minimum atomic E-state index is -0.397. The number of carbonyl (C=O) groups excluding carboxylic acids is 1. The van der Waals surface area contributed by atoms with E-state index in [0.717, 1.165) is 24.4 Å². The summed E-state index contributed by atoms with van der Waals surface area (Å²) in [7, 11) is 3.91. The van der Waals surface area contributed by atoms with Crippen molar-refractivity contribution in [1.29, 1.82) is 0 Å². The van der Waals surface area contributed by atoms with E-state index in [1.165, 1.54) is 0 Å². The molecule has 1 aromatic heterocycles. The molecule has 0 bridgehead atoms. The molecule has 0 radical (unpaired) electrons. The van der Waals surface area contributed by atoms with E-state index in [1.807, 2.05) is 27.1 Å². The molecule has 0 atom stereocenters. The number of nitrogen functional groups attached to an aromatic ring is 1. The fourth-order valence-electron chi connectivity index (χ4n) is 1.56. The number of rotatable bonds is 6. The predicted molar refractivity (Wildman–Crippen MR) is 65.4 cm³/mol. The van der Waals surface area contributed by atoms with Crippen LogP contribution in [-0.4, -0.2) is 38.0 Å². The highest BCUT2D eigenvalue weighted by Gasteiger charge is 2.15. The highest BCUT2D eigenvalue weighted by atomic mass is 16.4. The van der Waals surface area contributed by atoms with Gasteiger partial charge in [0.1, 0.15) is 5.76 Å². The van der Waals surface area contributed by atoms with Gasteiger partial charge < -0.3 is 9.73 Å². The first-order chi connectivity index (χ1) is 8.08. The third-order valence-electron chi connectivity index (χ3n) is 2.48. The van der Waals surface area contributed by atoms with Crippen molar-refractivity contribution in [3.63, 3.8) is 0 Å². The maximum Gasteiger partial charge on any atom is 0.301 e. The summed E-state index contributed by atoms with van der Waals surface area (Å²) in [6.45, 7) is 4.31. The first-order valence-electron chi connectivity index (χ1n) is 5.52. The van der Waals surface area contributed by atoms with Crippen LogP contribution in [-0.2, 0) is 6.54 Å². The molecule has 6 heteroatoms. The van der Waals surface area contributed by atoms with Crippen molar-refractivity contribution in [1.82, 2.24) is 15.6 Å². The summed E-state index contributed by atoms with van der Waals surface area (Å²) in [6, 6.07) is 1.86. The monoisotopic (exact) mass is 240 g/mol. The number of nitrogens with two attached hydrogens (primary N) is 1. The number of hydrazine groups is 1. The van der Waals surface area contributed by atoms with Gasteiger partial charge in [-0.1, -0.05) is 0 Å². The molecule has 96 valence electrons. The molecule has 6 nitrogen and oxygen atoms in total. The molecule has 1 amide bonds. The summed E-state index contributed by atoms with van der Waals surface area (Å²) in [5.41, 5.74) is 2.86. The van der Waals surface area contributed by atoms with Crippen LogP contribution in [0.15, 0.2) is 10.5 Å². The predicted octanol–water partition coefficient (Wildman–Crippen LogP) is -0.157. The van der Waals surface area contributed by atoms with Crippen molar-refractivity contribution >= 4 is 5.91 Å². The second kappa shape index (κ2) is 6.39. The number of furan rings is 1. The van der Waals surface area contributed by atoms with Crippen LogP contribution in [0.5, 0.6) is 0 Å². The lowest BCUT2D eigenvalue weighted by Crippen LogP contribution is -2.30. The van der Waals surface area contributed by atoms with Gasteiger partial charge in [-0.2, -0.15) is 0 Å². The van der Waals surface area contributed by atoms with Gasteiger partial charge in [-0.15, -0.1) is 0 Å². The van der Waals surface area contributed by atoms with Crippen molar-refractivity contribution < 1.29 is 9.21 Å². The number of amides is 1. The number of carbonyl (C=O) groups is 1. The molecule has 0 aromatic carbocycles. The molecule has 0 saturated carbocycles. The number of aryl methyl sites for hydroxylation is 1. The molecule has 0 aliphatic heterocycles. The lowest BCUT2D eigenvalue weighted by atomic mass is 10.2. The number of hydrogen-bond acceptors (Lipinski definition) is 5. The Kier molecular flexibility index (Phi) is 5.14. The number of likely N-dealkylation sites (N-methyl/N-ethyl adjacent to an activating group) is 2. The Bertz CT molecular complexity index is 376. The van der Waals surface area contributed by atoms with Crippen LogP contribution in [0.4, 0.5) is 0 Å². The van der Waals surface area contributed by atoms with Crippen LogP contribution in [0, 0.1) is 6.92 Å². The quantitative estimate of drug-likeness (QED) is 0.366. The van der Waals surface area contributed by atoms with Crippen LogP contribution in [0.3, 0.4) is 0 Å². The molecule has 0 saturated heterocycles. The van der Waals surface area contributed by atoms with Crippen LogP contribution in [0.25, 0.3) is 0 Å². The zero-order valence-electron chi connectivity index (χ0n) is 10.5. The highest BCUT2D eigenvalue weighted by Crippen LogP contribution is 2.15. The Morgan fingerprint density at radius 3 is 2.88 bits per heavy atom. The van der Waals surface area contributed by atoms with Crippen molar-refractivity contribution in [2.45, 2.75) is 13.5 Å². The maximum absolute atomic E-state index is 11.4. The molecule has 17 heavy (non-hydrogen) atoms. The third kappa shape index (κ3) is 3.85. The summed E-state index contributed by atoms with van der Waals surface area (Å²) >= 11 is 0. The second-order valence-corrected chi connectivity index (χ2v) is 4.04. The summed E-state index contributed by atoms with van der Waals surface area (Å²) in [5, 5.41) is 3.08. The molecule has 0 unspecified atom stereocenters. The molecule has 1 aromatic rings. The van der Waals surface area contributed by atoms with Gasteiger partial charge in [0.25, 0.3) is 0 Å². The Labute approximate surface area is 101 Å². The Morgan fingerprint density at radius 2 is 2.29 bits per heavy atom. The van der Waals surface area contributed by atoms with Crippen LogP contribution in [0.1, 0.15) is 21.9 Å². The molecular weight excluding hydrogens is 220 g/mol. The molecule has 0 fully saturated rings. The van der Waals surface area contributed by atoms with E-state index in [2.05, 4.69) is 15.6 Å². The smallest absolute Gasteiger partial charge is 0.301 e. The van der Waals surface area contributed by atoms with Crippen LogP contribution in [0.2, 0.25) is 0 Å². The van der Waals surface area contributed by atoms with E-state index in [1.54, 1.807) is 0 Å². The average molecular weight is 240 g/mol. The van der Waals surface area contributed by atoms with E-state index >= 15 is 0 Å². The molecular formula is C11H20N4O2. The number of nitrogens with one attached hydrogen (secondary N) is 2. The maximum atomic E-state index is 11.4. The minimum absolute atomic E-state index is 0.282. The van der Waals surface area contributed by atoms with Crippen molar-refractivity contribution in [3.05, 3.63) is 23.2 Å². The molecule has 4 N–H and O–H groups in total. The van der Waals surface area contributed by atoms with Crippen molar-refractivity contribution in [2.24, 2.45) is 5.84 Å². The van der Waals surface area contributed by atoms with Gasteiger partial charge in [0.2, 0.25) is 0 Å². The van der Waals surface area contributed by atoms with Gasteiger partial charge in [-0.3, -0.25) is 15.1 Å². The standard InChI is InChI=1S/C11H20N4O2/c1-8-6-9(7-15(3)5-4-13-2)17-10(8)11(16)14-12/h6,13H,4-5,7,12H2,1-3H3,(H,14,16). The van der Waals surface area contributed by atoms with Gasteiger partial charge in [-0.25, -0.2) is 5.84 Å². The van der Waals surface area contributed by atoms with E-state index in [0.29, 0.717) is 6.54 Å². The molecule has 0 aliphatic rings. The first kappa shape index (κ1) is 13.7. The topological polar surface area (TPSA) is 83.5 Å². The molecule has 1 rings (SSSR count). The van der Waals surface area contributed by atoms with E-state index in [4.69, 9.17) is 10.3 Å². The molecule has 1 heterocycles. The molecule has 0 aliphatic carbocycles. The highest BCUT2D eigenvalue weighted by molar-refractivity contribution is 5.92. The minimum Gasteiger partial charge on any atom is -0.454 e. The van der Waals surface area contributed by atoms with Crippen LogP contribution < -0.4 is 16.6 Å². The second-order valence-electron chi connectivity index (χ2n) is 4.04. The largest absolute Gasteiger partial charge is 0.454 e. The van der Waals surface area contributed by atoms with E-state index < -0.39 is 5.91 Å². The summed E-state index contributed by atoms with van der Waals surface area (Å²) < 4.78 is 5.46. The first-order valence-corrected chi connectivity index (χ1v) is 5.52. The summed E-state index contributed by atoms with van der Waals surface area (Å²) in [6.07, 6.45) is 0. The van der Waals surface area contributed by atoms with E-state index in [9.17, 15) is 4.79 Å².